The van der Waals surface area contributed by atoms with Gasteiger partial charge in [0, 0.05) is 17.5 Å². The molecule has 0 amide bonds. The first-order valence-electron chi connectivity index (χ1n) is 10.8. The molecule has 4 aromatic carbocycles. The van der Waals surface area contributed by atoms with Crippen LogP contribution < -0.4 is 10.2 Å². The van der Waals surface area contributed by atoms with E-state index in [2.05, 4.69) is 0 Å². The van der Waals surface area contributed by atoms with Crippen LogP contribution in [0.1, 0.15) is 22.6 Å². The molecule has 5 rings (SSSR count). The van der Waals surface area contributed by atoms with Crippen LogP contribution in [0.5, 0.6) is 17.2 Å². The van der Waals surface area contributed by atoms with E-state index in [4.69, 9.17) is 9.15 Å². The maximum absolute atomic E-state index is 13.1. The quantitative estimate of drug-likeness (QED) is 0.318. The molecule has 0 fully saturated rings. The third-order valence-electron chi connectivity index (χ3n) is 5.88. The highest BCUT2D eigenvalue weighted by molar-refractivity contribution is 5.86. The second-order valence-electron chi connectivity index (χ2n) is 8.05. The lowest BCUT2D eigenvalue weighted by molar-refractivity contribution is 0.418. The van der Waals surface area contributed by atoms with Crippen molar-refractivity contribution in [1.82, 2.24) is 0 Å². The number of phenols is 2. The van der Waals surface area contributed by atoms with Crippen LogP contribution >= 0.6 is 0 Å². The standard InChI is InChI=1S/C29H22O5/c1-33-26-15-21(16-27-29(26)24(32)17-25(34-27)18-5-3-2-4-6-18)28(19-7-11-22(30)12-8-19)20-9-13-23(31)14-10-20/h2-17,28,30-31H,1H3. The van der Waals surface area contributed by atoms with Crippen LogP contribution in [0.4, 0.5) is 0 Å². The molecule has 168 valence electrons. The monoisotopic (exact) mass is 450 g/mol. The summed E-state index contributed by atoms with van der Waals surface area (Å²) in [6.45, 7) is 0. The van der Waals surface area contributed by atoms with Crippen LogP contribution in [0, 0.1) is 0 Å². The lowest BCUT2D eigenvalue weighted by atomic mass is 9.84. The number of aromatic hydroxyl groups is 2. The summed E-state index contributed by atoms with van der Waals surface area (Å²) in [4.78, 5) is 13.1. The topological polar surface area (TPSA) is 79.9 Å². The molecule has 5 heteroatoms. The van der Waals surface area contributed by atoms with E-state index >= 15 is 0 Å². The maximum Gasteiger partial charge on any atom is 0.197 e. The number of methoxy groups -OCH3 is 1. The van der Waals surface area contributed by atoms with E-state index < -0.39 is 0 Å². The highest BCUT2D eigenvalue weighted by atomic mass is 16.5. The SMILES string of the molecule is COc1cc(C(c2ccc(O)cc2)c2ccc(O)cc2)cc2oc(-c3ccccc3)cc(=O)c12. The predicted molar refractivity (Wildman–Crippen MR) is 132 cm³/mol. The number of hydrogen-bond donors (Lipinski definition) is 2. The van der Waals surface area contributed by atoms with Crippen molar-refractivity contribution in [3.63, 3.8) is 0 Å². The summed E-state index contributed by atoms with van der Waals surface area (Å²) >= 11 is 0. The van der Waals surface area contributed by atoms with Gasteiger partial charge in [0.05, 0.1) is 7.11 Å². The third-order valence-corrected chi connectivity index (χ3v) is 5.88. The van der Waals surface area contributed by atoms with Crippen LogP contribution in [0.2, 0.25) is 0 Å². The number of phenolic OH excluding ortho intramolecular Hbond substituents is 2. The summed E-state index contributed by atoms with van der Waals surface area (Å²) in [7, 11) is 1.53. The fraction of sp³-hybridized carbons (Fsp3) is 0.0690. The molecule has 0 aliphatic heterocycles. The Morgan fingerprint density at radius 3 is 1.88 bits per heavy atom. The summed E-state index contributed by atoms with van der Waals surface area (Å²) in [6, 6.07) is 28.6. The smallest absolute Gasteiger partial charge is 0.197 e. The van der Waals surface area contributed by atoms with Gasteiger partial charge in [-0.1, -0.05) is 54.6 Å². The van der Waals surface area contributed by atoms with Gasteiger partial charge in [0.2, 0.25) is 0 Å². The average molecular weight is 450 g/mol. The number of ether oxygens (including phenoxy) is 1. The zero-order valence-corrected chi connectivity index (χ0v) is 18.4. The fourth-order valence-corrected chi connectivity index (χ4v) is 4.26. The van der Waals surface area contributed by atoms with E-state index in [0.717, 1.165) is 22.3 Å². The van der Waals surface area contributed by atoms with Crippen LogP contribution in [0.15, 0.2) is 106 Å². The molecule has 0 spiro atoms. The van der Waals surface area contributed by atoms with Gasteiger partial charge >= 0.3 is 0 Å². The molecule has 34 heavy (non-hydrogen) atoms. The first kappa shape index (κ1) is 21.3. The molecule has 1 heterocycles. The second-order valence-corrected chi connectivity index (χ2v) is 8.05. The first-order valence-corrected chi connectivity index (χ1v) is 10.8. The van der Waals surface area contributed by atoms with Gasteiger partial charge in [-0.3, -0.25) is 4.79 Å². The zero-order chi connectivity index (χ0) is 23.7. The van der Waals surface area contributed by atoms with Gasteiger partial charge < -0.3 is 19.4 Å². The van der Waals surface area contributed by atoms with Crippen LogP contribution in [0.3, 0.4) is 0 Å². The van der Waals surface area contributed by atoms with Crippen molar-refractivity contribution in [3.05, 3.63) is 124 Å². The van der Waals surface area contributed by atoms with Crippen molar-refractivity contribution in [3.8, 4) is 28.6 Å². The highest BCUT2D eigenvalue weighted by Gasteiger charge is 2.21. The Kier molecular flexibility index (Phi) is 5.52. The average Bonchev–Trinajstić information content (AvgIpc) is 2.86. The third kappa shape index (κ3) is 3.99. The Balaban J connectivity index is 1.76. The fourth-order valence-electron chi connectivity index (χ4n) is 4.26. The van der Waals surface area contributed by atoms with Crippen molar-refractivity contribution in [2.45, 2.75) is 5.92 Å². The number of benzene rings is 4. The normalized spacial score (nSPS) is 11.1. The largest absolute Gasteiger partial charge is 0.508 e. The van der Waals surface area contributed by atoms with Crippen LogP contribution in [-0.4, -0.2) is 17.3 Å². The lowest BCUT2D eigenvalue weighted by Crippen LogP contribution is -2.07. The minimum absolute atomic E-state index is 0.169. The van der Waals surface area contributed by atoms with Gasteiger partial charge in [-0.2, -0.15) is 0 Å². The molecule has 0 aliphatic carbocycles. The summed E-state index contributed by atoms with van der Waals surface area (Å²) in [5.74, 6) is 0.974. The Morgan fingerprint density at radius 1 is 0.735 bits per heavy atom. The summed E-state index contributed by atoms with van der Waals surface area (Å²) < 4.78 is 11.8. The summed E-state index contributed by atoms with van der Waals surface area (Å²) in [6.07, 6.45) is 0. The van der Waals surface area contributed by atoms with E-state index in [9.17, 15) is 15.0 Å². The Bertz CT molecular complexity index is 1460. The molecule has 5 nitrogen and oxygen atoms in total. The van der Waals surface area contributed by atoms with E-state index in [1.807, 2.05) is 66.7 Å². The predicted octanol–water partition coefficient (Wildman–Crippen LogP) is 6.06. The molecule has 0 unspecified atom stereocenters. The maximum atomic E-state index is 13.1. The van der Waals surface area contributed by atoms with Crippen LogP contribution in [0.25, 0.3) is 22.3 Å². The van der Waals surface area contributed by atoms with Crippen LogP contribution in [-0.2, 0) is 0 Å². The zero-order valence-electron chi connectivity index (χ0n) is 18.4. The summed E-state index contributed by atoms with van der Waals surface area (Å²) in [5.41, 5.74) is 3.73. The Morgan fingerprint density at radius 2 is 1.32 bits per heavy atom. The van der Waals surface area contributed by atoms with Crippen molar-refractivity contribution in [2.75, 3.05) is 7.11 Å². The minimum Gasteiger partial charge on any atom is -0.508 e. The van der Waals surface area contributed by atoms with Gasteiger partial charge in [0.25, 0.3) is 0 Å². The van der Waals surface area contributed by atoms with Crippen molar-refractivity contribution in [1.29, 1.82) is 0 Å². The summed E-state index contributed by atoms with van der Waals surface area (Å²) in [5, 5.41) is 20.0. The molecule has 1 aromatic heterocycles. The van der Waals surface area contributed by atoms with Gasteiger partial charge in [-0.25, -0.2) is 0 Å². The second kappa shape index (κ2) is 8.79. The van der Waals surface area contributed by atoms with E-state index in [-0.39, 0.29) is 22.8 Å². The van der Waals surface area contributed by atoms with E-state index in [1.54, 1.807) is 24.3 Å². The lowest BCUT2D eigenvalue weighted by Gasteiger charge is -2.20. The van der Waals surface area contributed by atoms with Crippen molar-refractivity contribution < 1.29 is 19.4 Å². The molecule has 5 aromatic rings. The molecular formula is C29H22O5. The van der Waals surface area contributed by atoms with Gasteiger partial charge in [0.15, 0.2) is 5.43 Å². The van der Waals surface area contributed by atoms with E-state index in [1.165, 1.54) is 13.2 Å². The van der Waals surface area contributed by atoms with Gasteiger partial charge in [-0.05, 0) is 53.1 Å². The van der Waals surface area contributed by atoms with Gasteiger partial charge in [0.1, 0.15) is 34.0 Å². The highest BCUT2D eigenvalue weighted by Crippen LogP contribution is 2.38. The molecule has 0 atom stereocenters. The van der Waals surface area contributed by atoms with Gasteiger partial charge in [-0.15, -0.1) is 0 Å². The first-order chi connectivity index (χ1) is 16.5. The molecule has 0 saturated heterocycles. The molecule has 0 bridgehead atoms. The molecule has 0 saturated carbocycles. The Labute approximate surface area is 196 Å². The number of fused-ring (bicyclic) bond motifs is 1. The minimum atomic E-state index is -0.259. The molecule has 0 radical (unpaired) electrons. The number of hydrogen-bond acceptors (Lipinski definition) is 5. The molecule has 2 N–H and O–H groups in total. The number of rotatable bonds is 5. The van der Waals surface area contributed by atoms with Crippen molar-refractivity contribution in [2.24, 2.45) is 0 Å². The molecule has 0 aliphatic rings. The molecular weight excluding hydrogens is 428 g/mol. The Hall–Kier alpha value is -4.51. The van der Waals surface area contributed by atoms with Crippen molar-refractivity contribution >= 4 is 11.0 Å². The van der Waals surface area contributed by atoms with E-state index in [0.29, 0.717) is 22.5 Å².